The largest absolute Gasteiger partial charge is 0.383 e. The summed E-state index contributed by atoms with van der Waals surface area (Å²) in [6.07, 6.45) is 1.71. The lowest BCUT2D eigenvalue weighted by molar-refractivity contribution is 0.0398. The van der Waals surface area contributed by atoms with E-state index in [-0.39, 0.29) is 5.91 Å². The second kappa shape index (κ2) is 9.31. The van der Waals surface area contributed by atoms with Crippen molar-refractivity contribution in [1.82, 2.24) is 15.2 Å². The summed E-state index contributed by atoms with van der Waals surface area (Å²) in [4.78, 5) is 18.9. The molecule has 138 valence electrons. The van der Waals surface area contributed by atoms with E-state index in [2.05, 4.69) is 20.5 Å². The molecule has 2 heterocycles. The number of aromatic nitrogens is 1. The highest BCUT2D eigenvalue weighted by atomic mass is 16.5. The SMILES string of the molecule is Cc1ccccc1CNC(=O)c1ccc(NCCN2CCOCC2)cn1. The number of nitrogens with one attached hydrogen (secondary N) is 2. The lowest BCUT2D eigenvalue weighted by atomic mass is 10.1. The topological polar surface area (TPSA) is 66.5 Å². The third kappa shape index (κ3) is 5.28. The van der Waals surface area contributed by atoms with Gasteiger partial charge in [0.2, 0.25) is 0 Å². The van der Waals surface area contributed by atoms with Gasteiger partial charge in [0.25, 0.3) is 5.91 Å². The van der Waals surface area contributed by atoms with E-state index < -0.39 is 0 Å². The standard InChI is InChI=1S/C20H26N4O2/c1-16-4-2-3-5-17(16)14-23-20(25)19-7-6-18(15-22-19)21-8-9-24-10-12-26-13-11-24/h2-7,15,21H,8-14H2,1H3,(H,23,25). The second-order valence-corrected chi connectivity index (χ2v) is 6.42. The molecule has 1 amide bonds. The third-order valence-corrected chi connectivity index (χ3v) is 4.56. The number of hydrogen-bond acceptors (Lipinski definition) is 5. The molecule has 0 radical (unpaired) electrons. The van der Waals surface area contributed by atoms with Gasteiger partial charge in [-0.3, -0.25) is 9.69 Å². The molecule has 2 N–H and O–H groups in total. The summed E-state index contributed by atoms with van der Waals surface area (Å²) in [5, 5.41) is 6.27. The Morgan fingerprint density at radius 2 is 2.00 bits per heavy atom. The van der Waals surface area contributed by atoms with Crippen molar-refractivity contribution in [2.45, 2.75) is 13.5 Å². The van der Waals surface area contributed by atoms with E-state index in [0.717, 1.165) is 50.6 Å². The predicted molar refractivity (Wildman–Crippen MR) is 102 cm³/mol. The first-order valence-corrected chi connectivity index (χ1v) is 9.05. The summed E-state index contributed by atoms with van der Waals surface area (Å²) in [7, 11) is 0. The number of pyridine rings is 1. The first kappa shape index (κ1) is 18.4. The highest BCUT2D eigenvalue weighted by Gasteiger charge is 2.10. The van der Waals surface area contributed by atoms with Crippen molar-refractivity contribution in [3.8, 4) is 0 Å². The number of rotatable bonds is 7. The van der Waals surface area contributed by atoms with Crippen molar-refractivity contribution < 1.29 is 9.53 Å². The highest BCUT2D eigenvalue weighted by Crippen LogP contribution is 2.08. The Hall–Kier alpha value is -2.44. The quantitative estimate of drug-likeness (QED) is 0.797. The smallest absolute Gasteiger partial charge is 0.270 e. The zero-order chi connectivity index (χ0) is 18.2. The summed E-state index contributed by atoms with van der Waals surface area (Å²) in [6.45, 7) is 7.97. The highest BCUT2D eigenvalue weighted by molar-refractivity contribution is 5.92. The fourth-order valence-electron chi connectivity index (χ4n) is 2.89. The summed E-state index contributed by atoms with van der Waals surface area (Å²) in [6, 6.07) is 11.7. The summed E-state index contributed by atoms with van der Waals surface area (Å²) < 4.78 is 5.34. The van der Waals surface area contributed by atoms with E-state index >= 15 is 0 Å². The van der Waals surface area contributed by atoms with Crippen molar-refractivity contribution in [1.29, 1.82) is 0 Å². The van der Waals surface area contributed by atoms with Crippen LogP contribution in [0.1, 0.15) is 21.6 Å². The zero-order valence-electron chi connectivity index (χ0n) is 15.2. The normalized spacial score (nSPS) is 14.8. The molecule has 6 nitrogen and oxygen atoms in total. The Morgan fingerprint density at radius 3 is 2.73 bits per heavy atom. The van der Waals surface area contributed by atoms with E-state index in [0.29, 0.717) is 12.2 Å². The van der Waals surface area contributed by atoms with Gasteiger partial charge in [-0.2, -0.15) is 0 Å². The van der Waals surface area contributed by atoms with Gasteiger partial charge in [-0.15, -0.1) is 0 Å². The summed E-state index contributed by atoms with van der Waals surface area (Å²) >= 11 is 0. The average molecular weight is 354 g/mol. The molecule has 2 aromatic rings. The number of amides is 1. The van der Waals surface area contributed by atoms with Gasteiger partial charge < -0.3 is 15.4 Å². The first-order chi connectivity index (χ1) is 12.7. The maximum Gasteiger partial charge on any atom is 0.270 e. The Labute approximate surface area is 154 Å². The van der Waals surface area contributed by atoms with Crippen LogP contribution >= 0.6 is 0 Å². The number of morpholine rings is 1. The molecule has 0 aliphatic carbocycles. The molecule has 0 atom stereocenters. The number of benzene rings is 1. The van der Waals surface area contributed by atoms with Crippen LogP contribution in [0.15, 0.2) is 42.6 Å². The van der Waals surface area contributed by atoms with Gasteiger partial charge in [0.05, 0.1) is 25.1 Å². The van der Waals surface area contributed by atoms with Gasteiger partial charge in [0, 0.05) is 32.7 Å². The lowest BCUT2D eigenvalue weighted by Gasteiger charge is -2.26. The predicted octanol–water partition coefficient (Wildman–Crippen LogP) is 2.06. The van der Waals surface area contributed by atoms with Gasteiger partial charge in [0.15, 0.2) is 0 Å². The van der Waals surface area contributed by atoms with Crippen LogP contribution in [-0.4, -0.2) is 55.2 Å². The van der Waals surface area contributed by atoms with Crippen LogP contribution in [0, 0.1) is 6.92 Å². The molecule has 1 aromatic carbocycles. The molecule has 1 fully saturated rings. The number of nitrogens with zero attached hydrogens (tertiary/aromatic N) is 2. The molecular weight excluding hydrogens is 328 g/mol. The molecule has 1 aromatic heterocycles. The molecular formula is C20H26N4O2. The van der Waals surface area contributed by atoms with Gasteiger partial charge in [0.1, 0.15) is 5.69 Å². The van der Waals surface area contributed by atoms with Crippen molar-refractivity contribution >= 4 is 11.6 Å². The van der Waals surface area contributed by atoms with Crippen molar-refractivity contribution in [3.05, 3.63) is 59.4 Å². The Kier molecular flexibility index (Phi) is 6.57. The van der Waals surface area contributed by atoms with Gasteiger partial charge >= 0.3 is 0 Å². The van der Waals surface area contributed by atoms with Gasteiger partial charge in [-0.25, -0.2) is 4.98 Å². The number of carbonyl (C=O) groups excluding carboxylic acids is 1. The number of ether oxygens (including phenoxy) is 1. The van der Waals surface area contributed by atoms with Gasteiger partial charge in [-0.05, 0) is 30.2 Å². The van der Waals surface area contributed by atoms with Crippen LogP contribution in [-0.2, 0) is 11.3 Å². The monoisotopic (exact) mass is 354 g/mol. The van der Waals surface area contributed by atoms with E-state index in [4.69, 9.17) is 4.74 Å². The molecule has 1 aliphatic rings. The molecule has 1 aliphatic heterocycles. The van der Waals surface area contributed by atoms with E-state index in [9.17, 15) is 4.79 Å². The molecule has 0 unspecified atom stereocenters. The second-order valence-electron chi connectivity index (χ2n) is 6.42. The lowest BCUT2D eigenvalue weighted by Crippen LogP contribution is -2.39. The molecule has 3 rings (SSSR count). The van der Waals surface area contributed by atoms with Crippen molar-refractivity contribution in [2.75, 3.05) is 44.7 Å². The van der Waals surface area contributed by atoms with Crippen LogP contribution in [0.5, 0.6) is 0 Å². The zero-order valence-corrected chi connectivity index (χ0v) is 15.2. The third-order valence-electron chi connectivity index (χ3n) is 4.56. The first-order valence-electron chi connectivity index (χ1n) is 9.05. The molecule has 6 heteroatoms. The van der Waals surface area contributed by atoms with E-state index in [1.54, 1.807) is 12.3 Å². The maximum absolute atomic E-state index is 12.2. The van der Waals surface area contributed by atoms with Crippen molar-refractivity contribution in [3.63, 3.8) is 0 Å². The summed E-state index contributed by atoms with van der Waals surface area (Å²) in [5.74, 6) is -0.159. The van der Waals surface area contributed by atoms with Crippen LogP contribution in [0.25, 0.3) is 0 Å². The Bertz CT molecular complexity index is 712. The number of anilines is 1. The minimum absolute atomic E-state index is 0.159. The van der Waals surface area contributed by atoms with Gasteiger partial charge in [-0.1, -0.05) is 24.3 Å². The number of hydrogen-bond donors (Lipinski definition) is 2. The average Bonchev–Trinajstić information content (AvgIpc) is 2.68. The van der Waals surface area contributed by atoms with E-state index in [1.807, 2.05) is 37.3 Å². The molecule has 0 spiro atoms. The fraction of sp³-hybridized carbons (Fsp3) is 0.400. The maximum atomic E-state index is 12.2. The van der Waals surface area contributed by atoms with E-state index in [1.165, 1.54) is 5.56 Å². The van der Waals surface area contributed by atoms with Crippen LogP contribution in [0.3, 0.4) is 0 Å². The Morgan fingerprint density at radius 1 is 1.19 bits per heavy atom. The summed E-state index contributed by atoms with van der Waals surface area (Å²) in [5.41, 5.74) is 3.63. The molecule has 26 heavy (non-hydrogen) atoms. The minimum Gasteiger partial charge on any atom is -0.383 e. The van der Waals surface area contributed by atoms with Crippen molar-refractivity contribution in [2.24, 2.45) is 0 Å². The molecule has 0 saturated carbocycles. The number of aryl methyl sites for hydroxylation is 1. The van der Waals surface area contributed by atoms with Crippen LogP contribution in [0.4, 0.5) is 5.69 Å². The van der Waals surface area contributed by atoms with Crippen LogP contribution < -0.4 is 10.6 Å². The minimum atomic E-state index is -0.159. The molecule has 1 saturated heterocycles. The molecule has 0 bridgehead atoms. The Balaban J connectivity index is 1.44. The van der Waals surface area contributed by atoms with Crippen LogP contribution in [0.2, 0.25) is 0 Å². The number of carbonyl (C=O) groups is 1. The fourth-order valence-corrected chi connectivity index (χ4v) is 2.89.